The second-order valence-corrected chi connectivity index (χ2v) is 7.38. The molecule has 0 aromatic rings. The highest BCUT2D eigenvalue weighted by Crippen LogP contribution is 2.31. The zero-order valence-corrected chi connectivity index (χ0v) is 12.6. The molecular weight excluding hydrogens is 286 g/mol. The SMILES string of the molecule is C#CCSCCNS(=O)(=O)C1CCCC1C(=O)OC. The van der Waals surface area contributed by atoms with Crippen molar-refractivity contribution < 1.29 is 17.9 Å². The zero-order chi connectivity index (χ0) is 14.3. The summed E-state index contributed by atoms with van der Waals surface area (Å²) in [7, 11) is -2.18. The first-order valence-corrected chi connectivity index (χ1v) is 8.80. The van der Waals surface area contributed by atoms with E-state index in [9.17, 15) is 13.2 Å². The van der Waals surface area contributed by atoms with Gasteiger partial charge in [0.15, 0.2) is 0 Å². The summed E-state index contributed by atoms with van der Waals surface area (Å²) < 4.78 is 31.5. The van der Waals surface area contributed by atoms with Crippen LogP contribution >= 0.6 is 11.8 Å². The standard InChI is InChI=1S/C12H19NO4S2/c1-3-8-18-9-7-13-19(15,16)11-6-4-5-10(11)12(14)17-2/h1,10-11,13H,4-9H2,2H3. The molecular formula is C12H19NO4S2. The monoisotopic (exact) mass is 305 g/mol. The highest BCUT2D eigenvalue weighted by Gasteiger charge is 2.41. The molecule has 0 aliphatic heterocycles. The molecule has 0 radical (unpaired) electrons. The number of carbonyl (C=O) groups is 1. The van der Waals surface area contributed by atoms with Crippen molar-refractivity contribution in [3.05, 3.63) is 0 Å². The van der Waals surface area contributed by atoms with Gasteiger partial charge in [-0.1, -0.05) is 12.3 Å². The van der Waals surface area contributed by atoms with Gasteiger partial charge in [0.05, 0.1) is 24.0 Å². The van der Waals surface area contributed by atoms with Crippen LogP contribution in [0.25, 0.3) is 0 Å². The largest absolute Gasteiger partial charge is 0.469 e. The number of carbonyl (C=O) groups excluding carboxylic acids is 1. The second-order valence-electron chi connectivity index (χ2n) is 4.30. The van der Waals surface area contributed by atoms with Gasteiger partial charge >= 0.3 is 5.97 Å². The van der Waals surface area contributed by atoms with E-state index in [1.54, 1.807) is 0 Å². The minimum Gasteiger partial charge on any atom is -0.469 e. The number of thioether (sulfide) groups is 1. The van der Waals surface area contributed by atoms with Gasteiger partial charge in [-0.2, -0.15) is 0 Å². The molecule has 1 saturated carbocycles. The maximum atomic E-state index is 12.1. The normalized spacial score (nSPS) is 22.9. The summed E-state index contributed by atoms with van der Waals surface area (Å²) >= 11 is 1.49. The lowest BCUT2D eigenvalue weighted by atomic mass is 10.1. The van der Waals surface area contributed by atoms with Crippen LogP contribution in [0.15, 0.2) is 0 Å². The van der Waals surface area contributed by atoms with Crippen LogP contribution in [0.3, 0.4) is 0 Å². The topological polar surface area (TPSA) is 72.5 Å². The lowest BCUT2D eigenvalue weighted by Crippen LogP contribution is -2.40. The summed E-state index contributed by atoms with van der Waals surface area (Å²) in [5, 5.41) is -0.669. The van der Waals surface area contributed by atoms with E-state index < -0.39 is 27.2 Å². The number of rotatable bonds is 7. The van der Waals surface area contributed by atoms with Crippen LogP contribution in [0.1, 0.15) is 19.3 Å². The molecule has 1 aliphatic rings. The summed E-state index contributed by atoms with van der Waals surface area (Å²) in [6.07, 6.45) is 6.92. The Hall–Kier alpha value is -0.710. The Morgan fingerprint density at radius 2 is 2.26 bits per heavy atom. The number of hydrogen-bond acceptors (Lipinski definition) is 5. The minimum atomic E-state index is -3.47. The van der Waals surface area contributed by atoms with Gasteiger partial charge in [-0.25, -0.2) is 13.1 Å². The van der Waals surface area contributed by atoms with E-state index in [1.807, 2.05) is 0 Å². The summed E-state index contributed by atoms with van der Waals surface area (Å²) in [6, 6.07) is 0. The van der Waals surface area contributed by atoms with Crippen LogP contribution in [-0.4, -0.2) is 44.8 Å². The smallest absolute Gasteiger partial charge is 0.310 e. The minimum absolute atomic E-state index is 0.332. The molecule has 0 amide bonds. The van der Waals surface area contributed by atoms with Crippen LogP contribution in [0.5, 0.6) is 0 Å². The molecule has 0 aromatic heterocycles. The molecule has 0 aromatic carbocycles. The third kappa shape index (κ3) is 4.71. The molecule has 0 spiro atoms. The Balaban J connectivity index is 2.52. The fraction of sp³-hybridized carbons (Fsp3) is 0.750. The maximum absolute atomic E-state index is 12.1. The Morgan fingerprint density at radius 1 is 1.53 bits per heavy atom. The Labute approximate surface area is 118 Å². The van der Waals surface area contributed by atoms with Gasteiger partial charge in [-0.15, -0.1) is 18.2 Å². The Bertz CT molecular complexity index is 441. The number of methoxy groups -OCH3 is 1. The van der Waals surface area contributed by atoms with E-state index in [0.717, 1.165) is 6.42 Å². The number of nitrogens with one attached hydrogen (secondary N) is 1. The molecule has 1 rings (SSSR count). The summed E-state index contributed by atoms with van der Waals surface area (Å²) in [5.74, 6) is 2.69. The van der Waals surface area contributed by atoms with Crippen molar-refractivity contribution in [1.29, 1.82) is 0 Å². The van der Waals surface area contributed by atoms with Gasteiger partial charge in [0.2, 0.25) is 10.0 Å². The molecule has 0 saturated heterocycles. The number of hydrogen-bond donors (Lipinski definition) is 1. The molecule has 19 heavy (non-hydrogen) atoms. The van der Waals surface area contributed by atoms with Gasteiger partial charge in [-0.05, 0) is 12.8 Å². The average molecular weight is 305 g/mol. The molecule has 108 valence electrons. The molecule has 1 fully saturated rings. The van der Waals surface area contributed by atoms with Gasteiger partial charge in [0.1, 0.15) is 0 Å². The number of esters is 1. The fourth-order valence-corrected chi connectivity index (χ4v) is 4.61. The molecule has 0 heterocycles. The predicted octanol–water partition coefficient (Wildman–Crippen LogP) is 0.614. The number of terminal acetylenes is 1. The number of ether oxygens (including phenoxy) is 1. The van der Waals surface area contributed by atoms with Gasteiger partial charge in [0.25, 0.3) is 0 Å². The molecule has 2 unspecified atom stereocenters. The first-order chi connectivity index (χ1) is 9.03. The van der Waals surface area contributed by atoms with E-state index in [0.29, 0.717) is 30.9 Å². The van der Waals surface area contributed by atoms with Gasteiger partial charge in [0, 0.05) is 12.3 Å². The highest BCUT2D eigenvalue weighted by atomic mass is 32.2. The second kappa shape index (κ2) is 7.78. The van der Waals surface area contributed by atoms with E-state index >= 15 is 0 Å². The van der Waals surface area contributed by atoms with Crippen LogP contribution in [-0.2, 0) is 19.6 Å². The summed E-state index contributed by atoms with van der Waals surface area (Å²) in [5.41, 5.74) is 0. The van der Waals surface area contributed by atoms with E-state index in [1.165, 1.54) is 18.9 Å². The predicted molar refractivity (Wildman–Crippen MR) is 76.2 cm³/mol. The molecule has 2 atom stereocenters. The van der Waals surface area contributed by atoms with Crippen LogP contribution in [0.2, 0.25) is 0 Å². The lowest BCUT2D eigenvalue weighted by molar-refractivity contribution is -0.145. The molecule has 5 nitrogen and oxygen atoms in total. The van der Waals surface area contributed by atoms with Crippen molar-refractivity contribution in [2.75, 3.05) is 25.2 Å². The van der Waals surface area contributed by atoms with E-state index in [2.05, 4.69) is 15.4 Å². The van der Waals surface area contributed by atoms with Crippen LogP contribution < -0.4 is 4.72 Å². The van der Waals surface area contributed by atoms with Crippen molar-refractivity contribution in [3.63, 3.8) is 0 Å². The van der Waals surface area contributed by atoms with E-state index in [4.69, 9.17) is 6.42 Å². The van der Waals surface area contributed by atoms with E-state index in [-0.39, 0.29) is 0 Å². The third-order valence-corrected chi connectivity index (χ3v) is 5.92. The zero-order valence-electron chi connectivity index (χ0n) is 10.9. The molecule has 0 bridgehead atoms. The quantitative estimate of drug-likeness (QED) is 0.424. The third-order valence-electron chi connectivity index (χ3n) is 3.09. The summed E-state index contributed by atoms with van der Waals surface area (Å²) in [4.78, 5) is 11.5. The first-order valence-electron chi connectivity index (χ1n) is 6.10. The number of sulfonamides is 1. The molecule has 1 N–H and O–H groups in total. The lowest BCUT2D eigenvalue weighted by Gasteiger charge is -2.18. The van der Waals surface area contributed by atoms with Gasteiger partial charge < -0.3 is 4.74 Å². The molecule has 1 aliphatic carbocycles. The van der Waals surface area contributed by atoms with Crippen molar-refractivity contribution in [1.82, 2.24) is 4.72 Å². The first kappa shape index (κ1) is 16.3. The Morgan fingerprint density at radius 3 is 2.89 bits per heavy atom. The van der Waals surface area contributed by atoms with Gasteiger partial charge in [-0.3, -0.25) is 4.79 Å². The Kier molecular flexibility index (Phi) is 6.69. The van der Waals surface area contributed by atoms with Crippen molar-refractivity contribution in [2.24, 2.45) is 5.92 Å². The summed E-state index contributed by atoms with van der Waals surface area (Å²) in [6.45, 7) is 0.332. The van der Waals surface area contributed by atoms with Crippen molar-refractivity contribution in [2.45, 2.75) is 24.5 Å². The van der Waals surface area contributed by atoms with Crippen molar-refractivity contribution >= 4 is 27.8 Å². The highest BCUT2D eigenvalue weighted by molar-refractivity contribution is 7.99. The molecule has 7 heteroatoms. The van der Waals surface area contributed by atoms with Crippen molar-refractivity contribution in [3.8, 4) is 12.3 Å². The fourth-order valence-electron chi connectivity index (χ4n) is 2.21. The van der Waals surface area contributed by atoms with Crippen LogP contribution in [0.4, 0.5) is 0 Å². The maximum Gasteiger partial charge on any atom is 0.310 e. The average Bonchev–Trinajstić information content (AvgIpc) is 2.87. The van der Waals surface area contributed by atoms with Crippen LogP contribution in [0, 0.1) is 18.3 Å².